The molecule has 3 rings (SSSR count). The summed E-state index contributed by atoms with van der Waals surface area (Å²) in [6.45, 7) is 8.39. The second kappa shape index (κ2) is 17.0. The number of nitrogens with zero attached hydrogens (tertiary/aromatic N) is 2. The van der Waals surface area contributed by atoms with Crippen molar-refractivity contribution < 1.29 is 42.5 Å². The Balaban J connectivity index is 2.01. The molecule has 0 unspecified atom stereocenters. The van der Waals surface area contributed by atoms with E-state index in [4.69, 9.17) is 9.47 Å². The predicted octanol–water partition coefficient (Wildman–Crippen LogP) is 5.80. The van der Waals surface area contributed by atoms with Gasteiger partial charge in [-0.2, -0.15) is 0 Å². The zero-order valence-electron chi connectivity index (χ0n) is 29.0. The van der Waals surface area contributed by atoms with Gasteiger partial charge in [0.15, 0.2) is 5.78 Å². The number of benzene rings is 3. The minimum atomic E-state index is -1.49. The number of nitrogens with one attached hydrogen (secondary N) is 1. The molecule has 0 bridgehead atoms. The normalized spacial score (nSPS) is 12.4. The lowest BCUT2D eigenvalue weighted by atomic mass is 9.98. The molecular weight excluding hydrogens is 636 g/mol. The van der Waals surface area contributed by atoms with Crippen molar-refractivity contribution in [3.8, 4) is 5.75 Å². The van der Waals surface area contributed by atoms with E-state index in [2.05, 4.69) is 5.32 Å². The first kappa shape index (κ1) is 38.6. The van der Waals surface area contributed by atoms with E-state index < -0.39 is 47.3 Å². The molecule has 0 heterocycles. The minimum absolute atomic E-state index is 0.00413. The van der Waals surface area contributed by atoms with Gasteiger partial charge in [-0.15, -0.1) is 0 Å². The SMILES string of the molecule is CCCN(C)C(=O)c1cc(C(C)=O)cc(C(=O)N[C@@H](Cc2cc(F)cc(F)c2)[C@H](O)CN(Cc2cccc(OC)c2)C(=O)OC(C)(C)C)c1. The Hall–Kier alpha value is -4.84. The van der Waals surface area contributed by atoms with Crippen LogP contribution in [0.5, 0.6) is 5.75 Å². The molecule has 2 N–H and O–H groups in total. The van der Waals surface area contributed by atoms with Crippen LogP contribution in [0, 0.1) is 11.6 Å². The molecule has 12 heteroatoms. The molecular formula is C37H45F2N3O7. The van der Waals surface area contributed by atoms with Crippen molar-refractivity contribution in [2.75, 3.05) is 27.2 Å². The van der Waals surface area contributed by atoms with E-state index in [9.17, 15) is 33.1 Å². The van der Waals surface area contributed by atoms with E-state index in [-0.39, 0.29) is 47.5 Å². The number of ketones is 1. The number of aliphatic hydroxyl groups excluding tert-OH is 1. The summed E-state index contributed by atoms with van der Waals surface area (Å²) in [7, 11) is 3.12. The molecule has 0 aromatic heterocycles. The van der Waals surface area contributed by atoms with Crippen molar-refractivity contribution in [1.82, 2.24) is 15.1 Å². The summed E-state index contributed by atoms with van der Waals surface area (Å²) < 4.78 is 39.3. The highest BCUT2D eigenvalue weighted by Gasteiger charge is 2.30. The Kier molecular flexibility index (Phi) is 13.4. The molecule has 2 atom stereocenters. The summed E-state index contributed by atoms with van der Waals surface area (Å²) in [5.41, 5.74) is 0.129. The van der Waals surface area contributed by atoms with Crippen molar-refractivity contribution >= 4 is 23.7 Å². The van der Waals surface area contributed by atoms with Gasteiger partial charge in [0.1, 0.15) is 23.0 Å². The lowest BCUT2D eigenvalue weighted by Gasteiger charge is -2.32. The Morgan fingerprint density at radius 3 is 2.14 bits per heavy atom. The summed E-state index contributed by atoms with van der Waals surface area (Å²) in [5, 5.41) is 14.3. The number of rotatable bonds is 14. The molecule has 3 aromatic rings. The molecule has 10 nitrogen and oxygen atoms in total. The third-order valence-corrected chi connectivity index (χ3v) is 7.48. The fraction of sp³-hybridized carbons (Fsp3) is 0.405. The lowest BCUT2D eigenvalue weighted by molar-refractivity contribution is 0.00836. The second-order valence-electron chi connectivity index (χ2n) is 12.9. The van der Waals surface area contributed by atoms with Crippen LogP contribution in [0.4, 0.5) is 13.6 Å². The van der Waals surface area contributed by atoms with E-state index in [0.717, 1.165) is 12.1 Å². The van der Waals surface area contributed by atoms with Gasteiger partial charge in [0, 0.05) is 42.9 Å². The van der Waals surface area contributed by atoms with Crippen LogP contribution >= 0.6 is 0 Å². The van der Waals surface area contributed by atoms with Gasteiger partial charge in [-0.05, 0) is 94.1 Å². The maximum absolute atomic E-state index is 14.2. The molecule has 3 amide bonds. The van der Waals surface area contributed by atoms with Crippen molar-refractivity contribution in [1.29, 1.82) is 0 Å². The highest BCUT2D eigenvalue weighted by molar-refractivity contribution is 6.04. The monoisotopic (exact) mass is 681 g/mol. The first-order valence-electron chi connectivity index (χ1n) is 16.0. The molecule has 3 aromatic carbocycles. The maximum Gasteiger partial charge on any atom is 0.410 e. The highest BCUT2D eigenvalue weighted by Crippen LogP contribution is 2.20. The van der Waals surface area contributed by atoms with Crippen LogP contribution in [-0.2, 0) is 17.7 Å². The maximum atomic E-state index is 14.2. The van der Waals surface area contributed by atoms with Crippen LogP contribution in [0.2, 0.25) is 0 Å². The van der Waals surface area contributed by atoms with Gasteiger partial charge in [0.05, 0.1) is 25.8 Å². The summed E-state index contributed by atoms with van der Waals surface area (Å²) in [6.07, 6.45) is -1.77. The van der Waals surface area contributed by atoms with Gasteiger partial charge in [-0.1, -0.05) is 19.1 Å². The third-order valence-electron chi connectivity index (χ3n) is 7.48. The van der Waals surface area contributed by atoms with Crippen molar-refractivity contribution in [2.45, 2.75) is 71.8 Å². The van der Waals surface area contributed by atoms with Crippen molar-refractivity contribution in [3.63, 3.8) is 0 Å². The van der Waals surface area contributed by atoms with Crippen LogP contribution < -0.4 is 10.1 Å². The van der Waals surface area contributed by atoms with Gasteiger partial charge in [-0.25, -0.2) is 13.6 Å². The average Bonchev–Trinajstić information content (AvgIpc) is 3.02. The topological polar surface area (TPSA) is 125 Å². The minimum Gasteiger partial charge on any atom is -0.497 e. The molecule has 0 radical (unpaired) electrons. The third kappa shape index (κ3) is 11.7. The molecule has 0 fully saturated rings. The van der Waals surface area contributed by atoms with E-state index in [0.29, 0.717) is 30.3 Å². The zero-order chi connectivity index (χ0) is 36.5. The lowest BCUT2D eigenvalue weighted by Crippen LogP contribution is -2.51. The Morgan fingerprint density at radius 1 is 0.918 bits per heavy atom. The Bertz CT molecular complexity index is 1640. The number of Topliss-reactive ketones (excluding diaryl/α,β-unsaturated/α-hetero) is 1. The van der Waals surface area contributed by atoms with Crippen molar-refractivity contribution in [2.24, 2.45) is 0 Å². The summed E-state index contributed by atoms with van der Waals surface area (Å²) >= 11 is 0. The number of carbonyl (C=O) groups excluding carboxylic acids is 4. The largest absolute Gasteiger partial charge is 0.497 e. The number of hydrogen-bond acceptors (Lipinski definition) is 7. The first-order valence-corrected chi connectivity index (χ1v) is 16.0. The summed E-state index contributed by atoms with van der Waals surface area (Å²) in [6, 6.07) is 12.7. The smallest absolute Gasteiger partial charge is 0.410 e. The molecule has 0 aliphatic carbocycles. The van der Waals surface area contributed by atoms with E-state index in [1.165, 1.54) is 42.0 Å². The quantitative estimate of drug-likeness (QED) is 0.206. The second-order valence-corrected chi connectivity index (χ2v) is 12.9. The summed E-state index contributed by atoms with van der Waals surface area (Å²) in [5.74, 6) is -2.68. The Labute approximate surface area is 286 Å². The van der Waals surface area contributed by atoms with Crippen LogP contribution in [0.15, 0.2) is 60.7 Å². The number of methoxy groups -OCH3 is 1. The summed E-state index contributed by atoms with van der Waals surface area (Å²) in [4.78, 5) is 55.4. The molecule has 0 aliphatic heterocycles. The van der Waals surface area contributed by atoms with Crippen LogP contribution in [0.3, 0.4) is 0 Å². The molecule has 0 aliphatic rings. The van der Waals surface area contributed by atoms with Gasteiger partial charge in [0.2, 0.25) is 0 Å². The number of aliphatic hydroxyl groups is 1. The van der Waals surface area contributed by atoms with Gasteiger partial charge < -0.3 is 29.7 Å². The fourth-order valence-electron chi connectivity index (χ4n) is 5.13. The highest BCUT2D eigenvalue weighted by atomic mass is 19.1. The molecule has 264 valence electrons. The number of ether oxygens (including phenoxy) is 2. The van der Waals surface area contributed by atoms with Gasteiger partial charge in [0.25, 0.3) is 11.8 Å². The fourth-order valence-corrected chi connectivity index (χ4v) is 5.13. The van der Waals surface area contributed by atoms with E-state index in [1.807, 2.05) is 6.92 Å². The number of amides is 3. The number of carbonyl (C=O) groups is 4. The zero-order valence-corrected chi connectivity index (χ0v) is 29.0. The van der Waals surface area contributed by atoms with E-state index >= 15 is 0 Å². The molecule has 49 heavy (non-hydrogen) atoms. The van der Waals surface area contributed by atoms with E-state index in [1.54, 1.807) is 52.1 Å². The first-order chi connectivity index (χ1) is 23.0. The molecule has 0 saturated heterocycles. The van der Waals surface area contributed by atoms with Crippen LogP contribution in [0.25, 0.3) is 0 Å². The average molecular weight is 682 g/mol. The number of halogens is 2. The molecule has 0 saturated carbocycles. The Morgan fingerprint density at radius 2 is 1.55 bits per heavy atom. The molecule has 0 spiro atoms. The van der Waals surface area contributed by atoms with Gasteiger partial charge in [-0.3, -0.25) is 14.4 Å². The van der Waals surface area contributed by atoms with Crippen LogP contribution in [-0.4, -0.2) is 83.6 Å². The standard InChI is InChI=1S/C37H45F2N3O7/c1-8-12-41(6)35(46)28-18-26(23(2)43)17-27(19-28)34(45)40-32(16-25-13-29(38)20-30(39)14-25)33(44)22-42(36(47)49-37(3,4)5)21-24-10-9-11-31(15-24)48-7/h9-11,13-15,17-20,32-33,44H,8,12,16,21-22H2,1-7H3,(H,40,45)/t32-,33+/m0/s1. The van der Waals surface area contributed by atoms with Gasteiger partial charge >= 0.3 is 6.09 Å². The number of hydrogen-bond donors (Lipinski definition) is 2. The predicted molar refractivity (Wildman–Crippen MR) is 181 cm³/mol. The van der Waals surface area contributed by atoms with Crippen molar-refractivity contribution in [3.05, 3.63) is 100 Å². The van der Waals surface area contributed by atoms with Crippen LogP contribution in [0.1, 0.15) is 83.2 Å².